The second-order valence-electron chi connectivity index (χ2n) is 14.1. The van der Waals surface area contributed by atoms with Crippen LogP contribution in [0.15, 0.2) is 37.1 Å². The lowest BCUT2D eigenvalue weighted by Crippen LogP contribution is -2.49. The van der Waals surface area contributed by atoms with Crippen molar-refractivity contribution < 1.29 is 4.79 Å². The van der Waals surface area contributed by atoms with E-state index >= 15 is 0 Å². The maximum Gasteiger partial charge on any atom is 0.228 e. The number of aromatic amines is 1. The number of nitrogens with zero attached hydrogens (tertiary/aromatic N) is 5. The van der Waals surface area contributed by atoms with E-state index in [1.165, 1.54) is 104 Å². The van der Waals surface area contributed by atoms with Crippen LogP contribution in [0.3, 0.4) is 0 Å². The Hall–Kier alpha value is -3.05. The lowest BCUT2D eigenvalue weighted by atomic mass is 9.77. The van der Waals surface area contributed by atoms with Gasteiger partial charge < -0.3 is 16.0 Å². The van der Waals surface area contributed by atoms with Crippen LogP contribution >= 0.6 is 11.3 Å². The molecule has 5 heterocycles. The maximum atomic E-state index is 11.5. The Morgan fingerprint density at radius 2 is 1.90 bits per heavy atom. The number of aromatic nitrogens is 3. The average molecular weight is 689 g/mol. The lowest BCUT2D eigenvalue weighted by Gasteiger charge is -2.43. The van der Waals surface area contributed by atoms with Crippen LogP contribution in [-0.2, 0) is 43.3 Å². The Balaban J connectivity index is 0.000000145. The molecule has 3 aliphatic heterocycles. The molecule has 0 saturated carbocycles. The number of H-pyrrole nitrogens is 1. The standard InChI is InChI=1S/C16H24N2O.C13H21N3.C10H15N3S/c1-3-9-18(10-4-2)11-8-13-6-5-7-15-14(13)12-16(19)17-15;1-2-5-16-6-3-4-10-7-12-11(8-13(10)16)9-14-15-12;1-2-5-13-6-3-8-9(4-7-13)14-10(11)12-8/h5-7H,3-4,8-12H2,1-2H3,(H,17,19);9-10,13H,2-8H2,1H3,(H,14,15);2H,1,3-7H2,(H2,11,12)/t;10-,13-;/m.1./s1. The van der Waals surface area contributed by atoms with Gasteiger partial charge in [0, 0.05) is 54.9 Å². The fourth-order valence-corrected chi connectivity index (χ4v) is 8.95. The summed E-state index contributed by atoms with van der Waals surface area (Å²) in [6, 6.07) is 7.00. The summed E-state index contributed by atoms with van der Waals surface area (Å²) >= 11 is 1.64. The van der Waals surface area contributed by atoms with Gasteiger partial charge in [0.2, 0.25) is 5.91 Å². The molecular weight excluding hydrogens is 629 g/mol. The fraction of sp³-hybridized carbons (Fsp3) is 0.615. The number of hydrogen-bond acceptors (Lipinski definition) is 8. The van der Waals surface area contributed by atoms with Gasteiger partial charge in [-0.15, -0.1) is 17.9 Å². The first kappa shape index (κ1) is 37.2. The highest BCUT2D eigenvalue weighted by molar-refractivity contribution is 7.15. The quantitative estimate of drug-likeness (QED) is 0.208. The van der Waals surface area contributed by atoms with Crippen LogP contribution in [0.1, 0.15) is 85.8 Å². The molecule has 4 N–H and O–H groups in total. The predicted molar refractivity (Wildman–Crippen MR) is 204 cm³/mol. The summed E-state index contributed by atoms with van der Waals surface area (Å²) in [6.07, 6.45) is 16.6. The van der Waals surface area contributed by atoms with E-state index < -0.39 is 0 Å². The second-order valence-corrected chi connectivity index (χ2v) is 15.2. The van der Waals surface area contributed by atoms with Gasteiger partial charge >= 0.3 is 0 Å². The third-order valence-corrected chi connectivity index (χ3v) is 11.4. The molecule has 9 nitrogen and oxygen atoms in total. The van der Waals surface area contributed by atoms with Crippen LogP contribution in [0.4, 0.5) is 10.8 Å². The molecule has 0 unspecified atom stereocenters. The third kappa shape index (κ3) is 10.2. The molecule has 0 bridgehead atoms. The number of likely N-dealkylation sites (tertiary alicyclic amines) is 1. The SMILES string of the molecule is C=CCN1CCc2nc(N)sc2CC1.CCCN(CCC)CCc1cccc2c1CC(=O)N2.CCCN1CCC[C@@H]2Cc3[nH]ncc3C[C@H]21. The number of nitrogens with one attached hydrogen (secondary N) is 2. The highest BCUT2D eigenvalue weighted by Crippen LogP contribution is 2.34. The zero-order valence-electron chi connectivity index (χ0n) is 30.3. The zero-order chi connectivity index (χ0) is 34.6. The number of amides is 1. The van der Waals surface area contributed by atoms with Crippen molar-refractivity contribution in [1.29, 1.82) is 0 Å². The van der Waals surface area contributed by atoms with Crippen molar-refractivity contribution in [2.45, 2.75) is 97.4 Å². The van der Waals surface area contributed by atoms with E-state index in [2.05, 4.69) is 68.6 Å². The number of piperidine rings is 1. The van der Waals surface area contributed by atoms with Gasteiger partial charge in [-0.1, -0.05) is 39.0 Å². The molecule has 2 aromatic heterocycles. The molecule has 2 atom stereocenters. The monoisotopic (exact) mass is 688 g/mol. The van der Waals surface area contributed by atoms with Gasteiger partial charge in [0.05, 0.1) is 18.3 Å². The van der Waals surface area contributed by atoms with E-state index in [0.717, 1.165) is 63.1 Å². The van der Waals surface area contributed by atoms with E-state index in [1.54, 1.807) is 11.3 Å². The lowest BCUT2D eigenvalue weighted by molar-refractivity contribution is -0.115. The molecule has 0 spiro atoms. The summed E-state index contributed by atoms with van der Waals surface area (Å²) in [5, 5.41) is 11.0. The number of rotatable bonds is 11. The molecule has 7 rings (SSSR count). The molecule has 1 saturated heterocycles. The Morgan fingerprint density at radius 1 is 1.08 bits per heavy atom. The number of carbonyl (C=O) groups excluding carboxylic acids is 1. The Kier molecular flexibility index (Phi) is 14.3. The predicted octanol–water partition coefficient (Wildman–Crippen LogP) is 6.16. The van der Waals surface area contributed by atoms with Gasteiger partial charge in [-0.25, -0.2) is 4.98 Å². The van der Waals surface area contributed by atoms with Crippen molar-refractivity contribution in [3.05, 3.63) is 70.0 Å². The first-order chi connectivity index (χ1) is 23.9. The van der Waals surface area contributed by atoms with Gasteiger partial charge in [-0.2, -0.15) is 5.10 Å². The number of nitrogens with two attached hydrogens (primary N) is 1. The fourth-order valence-electron chi connectivity index (χ4n) is 8.08. The number of hydrogen-bond donors (Lipinski definition) is 3. The number of benzene rings is 1. The van der Waals surface area contributed by atoms with Crippen molar-refractivity contribution >= 4 is 28.1 Å². The minimum Gasteiger partial charge on any atom is -0.375 e. The molecule has 1 aromatic carbocycles. The first-order valence-corrected chi connectivity index (χ1v) is 19.7. The van der Waals surface area contributed by atoms with Crippen molar-refractivity contribution in [3.63, 3.8) is 0 Å². The minimum absolute atomic E-state index is 0.126. The van der Waals surface area contributed by atoms with Crippen LogP contribution in [0.5, 0.6) is 0 Å². The van der Waals surface area contributed by atoms with Crippen LogP contribution in [0.25, 0.3) is 0 Å². The first-order valence-electron chi connectivity index (χ1n) is 18.9. The molecule has 49 heavy (non-hydrogen) atoms. The van der Waals surface area contributed by atoms with Gasteiger partial charge in [-0.05, 0) is 113 Å². The second kappa shape index (κ2) is 18.8. The van der Waals surface area contributed by atoms with E-state index in [9.17, 15) is 4.79 Å². The molecule has 1 aliphatic carbocycles. The van der Waals surface area contributed by atoms with Gasteiger partial charge in [0.15, 0.2) is 5.13 Å². The smallest absolute Gasteiger partial charge is 0.228 e. The van der Waals surface area contributed by atoms with Crippen LogP contribution in [0.2, 0.25) is 0 Å². The summed E-state index contributed by atoms with van der Waals surface area (Å²) in [6.45, 7) is 19.7. The van der Waals surface area contributed by atoms with Crippen molar-refractivity contribution in [1.82, 2.24) is 29.9 Å². The normalized spacial score (nSPS) is 20.0. The topological polar surface area (TPSA) is 106 Å². The highest BCUT2D eigenvalue weighted by Gasteiger charge is 2.35. The third-order valence-electron chi connectivity index (χ3n) is 10.4. The maximum absolute atomic E-state index is 11.5. The number of nitrogen functional groups attached to an aromatic ring is 1. The van der Waals surface area contributed by atoms with Crippen LogP contribution in [-0.4, -0.2) is 94.2 Å². The molecule has 0 radical (unpaired) electrons. The molecule has 10 heteroatoms. The van der Waals surface area contributed by atoms with E-state index in [1.807, 2.05) is 24.4 Å². The highest BCUT2D eigenvalue weighted by atomic mass is 32.1. The molecule has 1 fully saturated rings. The Bertz CT molecular complexity index is 1450. The Morgan fingerprint density at radius 3 is 2.67 bits per heavy atom. The molecular formula is C39H60N8OS. The van der Waals surface area contributed by atoms with Crippen molar-refractivity contribution in [2.75, 3.05) is 63.4 Å². The van der Waals surface area contributed by atoms with Gasteiger partial charge in [0.1, 0.15) is 0 Å². The van der Waals surface area contributed by atoms with Crippen molar-refractivity contribution in [3.8, 4) is 0 Å². The van der Waals surface area contributed by atoms with E-state index in [-0.39, 0.29) is 5.91 Å². The zero-order valence-corrected chi connectivity index (χ0v) is 31.1. The summed E-state index contributed by atoms with van der Waals surface area (Å²) in [5.41, 5.74) is 13.3. The largest absolute Gasteiger partial charge is 0.375 e. The van der Waals surface area contributed by atoms with E-state index in [4.69, 9.17) is 5.73 Å². The van der Waals surface area contributed by atoms with E-state index in [0.29, 0.717) is 11.6 Å². The van der Waals surface area contributed by atoms with Gasteiger partial charge in [-0.3, -0.25) is 19.7 Å². The van der Waals surface area contributed by atoms with Crippen LogP contribution < -0.4 is 11.1 Å². The number of carbonyl (C=O) groups is 1. The summed E-state index contributed by atoms with van der Waals surface area (Å²) in [4.78, 5) is 24.8. The number of thiazole rings is 1. The molecule has 3 aromatic rings. The number of fused-ring (bicyclic) bond motifs is 4. The molecule has 268 valence electrons. The molecule has 1 amide bonds. The van der Waals surface area contributed by atoms with Crippen LogP contribution in [0, 0.1) is 5.92 Å². The number of anilines is 2. The Labute approximate surface area is 298 Å². The molecule has 4 aliphatic rings. The van der Waals surface area contributed by atoms with Gasteiger partial charge in [0.25, 0.3) is 0 Å². The van der Waals surface area contributed by atoms with Crippen molar-refractivity contribution in [2.24, 2.45) is 5.92 Å². The minimum atomic E-state index is 0.126. The average Bonchev–Trinajstić information content (AvgIpc) is 3.79. The summed E-state index contributed by atoms with van der Waals surface area (Å²) < 4.78 is 0. The summed E-state index contributed by atoms with van der Waals surface area (Å²) in [7, 11) is 0. The summed E-state index contributed by atoms with van der Waals surface area (Å²) in [5.74, 6) is 0.995.